The number of benzene rings is 1. The Kier molecular flexibility index (Phi) is 4.33. The van der Waals surface area contributed by atoms with Crippen LogP contribution in [0.5, 0.6) is 5.75 Å². The lowest BCUT2D eigenvalue weighted by molar-refractivity contribution is -0.128. The molecule has 1 N–H and O–H groups in total. The number of nitrogens with zero attached hydrogens (tertiary/aromatic N) is 1. The van der Waals surface area contributed by atoms with Crippen molar-refractivity contribution < 1.29 is 9.53 Å². The summed E-state index contributed by atoms with van der Waals surface area (Å²) in [4.78, 5) is 13.2. The minimum atomic E-state index is -0.183. The summed E-state index contributed by atoms with van der Waals surface area (Å²) in [7, 11) is 3.57. The predicted octanol–water partition coefficient (Wildman–Crippen LogP) is 2.36. The highest BCUT2D eigenvalue weighted by Crippen LogP contribution is 2.39. The Morgan fingerprint density at radius 3 is 2.80 bits per heavy atom. The molecule has 110 valence electrons. The highest BCUT2D eigenvalue weighted by atomic mass is 16.5. The Bertz CT molecular complexity index is 483. The smallest absolute Gasteiger partial charge is 0.223 e. The van der Waals surface area contributed by atoms with Crippen molar-refractivity contribution in [3.63, 3.8) is 0 Å². The molecule has 4 heteroatoms. The molecule has 1 unspecified atom stereocenters. The van der Waals surface area contributed by atoms with E-state index >= 15 is 0 Å². The van der Waals surface area contributed by atoms with Crippen molar-refractivity contribution in [2.75, 3.05) is 20.6 Å². The molecule has 1 aliphatic heterocycles. The molecule has 0 saturated heterocycles. The number of carbonyl (C=O) groups excluding carboxylic acids is 1. The van der Waals surface area contributed by atoms with Crippen LogP contribution < -0.4 is 10.1 Å². The fraction of sp³-hybridized carbons (Fsp3) is 0.562. The fourth-order valence-electron chi connectivity index (χ4n) is 2.56. The van der Waals surface area contributed by atoms with Gasteiger partial charge in [-0.05, 0) is 19.9 Å². The van der Waals surface area contributed by atoms with Gasteiger partial charge in [-0.25, -0.2) is 0 Å². The summed E-state index contributed by atoms with van der Waals surface area (Å²) in [6, 6.07) is 8.36. The first kappa shape index (κ1) is 14.9. The van der Waals surface area contributed by atoms with Gasteiger partial charge in [0.1, 0.15) is 11.4 Å². The van der Waals surface area contributed by atoms with Gasteiger partial charge in [-0.2, -0.15) is 0 Å². The topological polar surface area (TPSA) is 41.6 Å². The molecule has 2 rings (SSSR count). The van der Waals surface area contributed by atoms with Crippen LogP contribution in [-0.2, 0) is 4.79 Å². The Morgan fingerprint density at radius 2 is 2.10 bits per heavy atom. The van der Waals surface area contributed by atoms with Gasteiger partial charge < -0.3 is 15.0 Å². The molecule has 1 heterocycles. The van der Waals surface area contributed by atoms with Crippen molar-refractivity contribution in [3.8, 4) is 5.75 Å². The minimum Gasteiger partial charge on any atom is -0.487 e. The molecule has 0 saturated carbocycles. The number of para-hydroxylation sites is 1. The van der Waals surface area contributed by atoms with Gasteiger partial charge in [0.15, 0.2) is 0 Å². The van der Waals surface area contributed by atoms with Crippen LogP contribution in [0, 0.1) is 0 Å². The first-order valence-corrected chi connectivity index (χ1v) is 7.10. The second kappa shape index (κ2) is 5.83. The Balaban J connectivity index is 2.02. The number of nitrogens with one attached hydrogen (secondary N) is 1. The van der Waals surface area contributed by atoms with Crippen LogP contribution in [0.1, 0.15) is 38.3 Å². The van der Waals surface area contributed by atoms with Gasteiger partial charge in [0.05, 0.1) is 0 Å². The molecule has 1 atom stereocenters. The van der Waals surface area contributed by atoms with Crippen molar-refractivity contribution >= 4 is 5.91 Å². The molecule has 0 bridgehead atoms. The van der Waals surface area contributed by atoms with E-state index in [1.807, 2.05) is 18.2 Å². The van der Waals surface area contributed by atoms with E-state index in [1.54, 1.807) is 19.0 Å². The average Bonchev–Trinajstić information content (AvgIpc) is 2.37. The molecule has 1 aromatic rings. The third-order valence-electron chi connectivity index (χ3n) is 3.60. The monoisotopic (exact) mass is 276 g/mol. The Hall–Kier alpha value is -1.55. The van der Waals surface area contributed by atoms with Crippen molar-refractivity contribution in [1.29, 1.82) is 0 Å². The van der Waals surface area contributed by atoms with E-state index in [4.69, 9.17) is 4.74 Å². The summed E-state index contributed by atoms with van der Waals surface area (Å²) in [6.45, 7) is 4.89. The molecule has 0 fully saturated rings. The summed E-state index contributed by atoms with van der Waals surface area (Å²) in [5.41, 5.74) is 1.00. The highest BCUT2D eigenvalue weighted by molar-refractivity contribution is 5.75. The van der Waals surface area contributed by atoms with Gasteiger partial charge >= 0.3 is 0 Å². The molecule has 20 heavy (non-hydrogen) atoms. The number of fused-ring (bicyclic) bond motifs is 1. The van der Waals surface area contributed by atoms with Gasteiger partial charge in [-0.1, -0.05) is 18.2 Å². The number of carbonyl (C=O) groups is 1. The maximum atomic E-state index is 11.6. The van der Waals surface area contributed by atoms with Crippen LogP contribution in [-0.4, -0.2) is 37.0 Å². The van der Waals surface area contributed by atoms with E-state index in [1.165, 1.54) is 5.56 Å². The van der Waals surface area contributed by atoms with E-state index < -0.39 is 0 Å². The fourth-order valence-corrected chi connectivity index (χ4v) is 2.56. The lowest BCUT2D eigenvalue weighted by Crippen LogP contribution is -2.40. The third-order valence-corrected chi connectivity index (χ3v) is 3.60. The number of amides is 1. The molecule has 1 aromatic carbocycles. The summed E-state index contributed by atoms with van der Waals surface area (Å²) >= 11 is 0. The molecule has 0 spiro atoms. The van der Waals surface area contributed by atoms with Crippen LogP contribution in [0.3, 0.4) is 0 Å². The van der Waals surface area contributed by atoms with E-state index in [0.29, 0.717) is 13.0 Å². The van der Waals surface area contributed by atoms with Crippen molar-refractivity contribution in [3.05, 3.63) is 29.8 Å². The lowest BCUT2D eigenvalue weighted by atomic mass is 9.89. The average molecular weight is 276 g/mol. The van der Waals surface area contributed by atoms with Crippen LogP contribution in [0.25, 0.3) is 0 Å². The normalized spacial score (nSPS) is 19.9. The molecule has 1 amide bonds. The second-order valence-electron chi connectivity index (χ2n) is 6.15. The second-order valence-corrected chi connectivity index (χ2v) is 6.15. The van der Waals surface area contributed by atoms with Crippen molar-refractivity contribution in [2.24, 2.45) is 0 Å². The van der Waals surface area contributed by atoms with Gasteiger partial charge in [0, 0.05) is 45.1 Å². The van der Waals surface area contributed by atoms with Crippen LogP contribution >= 0.6 is 0 Å². The van der Waals surface area contributed by atoms with E-state index in [9.17, 15) is 4.79 Å². The summed E-state index contributed by atoms with van der Waals surface area (Å²) < 4.78 is 6.00. The zero-order valence-corrected chi connectivity index (χ0v) is 12.8. The maximum absolute atomic E-state index is 11.6. The lowest BCUT2D eigenvalue weighted by Gasteiger charge is -2.38. The van der Waals surface area contributed by atoms with Gasteiger partial charge in [0.2, 0.25) is 5.91 Å². The molecule has 1 aliphatic rings. The Morgan fingerprint density at radius 1 is 1.40 bits per heavy atom. The van der Waals surface area contributed by atoms with Gasteiger partial charge in [-0.15, -0.1) is 0 Å². The maximum Gasteiger partial charge on any atom is 0.223 e. The minimum absolute atomic E-state index is 0.150. The van der Waals surface area contributed by atoms with E-state index in [2.05, 4.69) is 25.2 Å². The first-order chi connectivity index (χ1) is 9.39. The molecule has 0 radical (unpaired) electrons. The molecular weight excluding hydrogens is 252 g/mol. The van der Waals surface area contributed by atoms with Crippen molar-refractivity contribution in [1.82, 2.24) is 10.2 Å². The van der Waals surface area contributed by atoms with Crippen molar-refractivity contribution in [2.45, 2.75) is 38.3 Å². The van der Waals surface area contributed by atoms with Gasteiger partial charge in [-0.3, -0.25) is 4.79 Å². The zero-order chi connectivity index (χ0) is 14.8. The number of hydrogen-bond donors (Lipinski definition) is 1. The highest BCUT2D eigenvalue weighted by Gasteiger charge is 2.33. The molecular formula is C16H24N2O2. The van der Waals surface area contributed by atoms with E-state index in [-0.39, 0.29) is 17.6 Å². The summed E-state index contributed by atoms with van der Waals surface area (Å²) in [6.07, 6.45) is 1.42. The zero-order valence-electron chi connectivity index (χ0n) is 12.8. The summed E-state index contributed by atoms with van der Waals surface area (Å²) in [5.74, 6) is 1.09. The predicted molar refractivity (Wildman–Crippen MR) is 79.8 cm³/mol. The Labute approximate surface area is 121 Å². The first-order valence-electron chi connectivity index (χ1n) is 7.10. The van der Waals surface area contributed by atoms with Gasteiger partial charge in [0.25, 0.3) is 0 Å². The van der Waals surface area contributed by atoms with Crippen LogP contribution in [0.4, 0.5) is 0 Å². The van der Waals surface area contributed by atoms with Crippen LogP contribution in [0.2, 0.25) is 0 Å². The standard InChI is InChI=1S/C16H24N2O2/c1-16(2)11-13(17-10-9-15(19)18(3)4)12-7-5-6-8-14(12)20-16/h5-8,13,17H,9-11H2,1-4H3. The SMILES string of the molecule is CN(C)C(=O)CCNC1CC(C)(C)Oc2ccccc21. The molecule has 4 nitrogen and oxygen atoms in total. The number of ether oxygens (including phenoxy) is 1. The van der Waals surface area contributed by atoms with E-state index in [0.717, 1.165) is 12.2 Å². The molecule has 0 aromatic heterocycles. The number of rotatable bonds is 4. The number of hydrogen-bond acceptors (Lipinski definition) is 3. The quantitative estimate of drug-likeness (QED) is 0.918. The van der Waals surface area contributed by atoms with Crippen LogP contribution in [0.15, 0.2) is 24.3 Å². The summed E-state index contributed by atoms with van der Waals surface area (Å²) in [5, 5.41) is 3.49. The molecule has 0 aliphatic carbocycles. The third kappa shape index (κ3) is 3.51. The largest absolute Gasteiger partial charge is 0.487 e.